The molecule has 0 unspecified atom stereocenters. The number of sulfonamides is 1. The first kappa shape index (κ1) is 26.7. The summed E-state index contributed by atoms with van der Waals surface area (Å²) in [5.41, 5.74) is 1.17. The van der Waals surface area contributed by atoms with Crippen LogP contribution in [-0.4, -0.2) is 47.6 Å². The molecule has 0 bridgehead atoms. The van der Waals surface area contributed by atoms with Crippen molar-refractivity contribution < 1.29 is 27.5 Å². The Morgan fingerprint density at radius 3 is 2.26 bits per heavy atom. The Morgan fingerprint density at radius 2 is 1.55 bits per heavy atom. The average molecular weight is 533 g/mol. The summed E-state index contributed by atoms with van der Waals surface area (Å²) >= 11 is 0. The number of carbonyl (C=O) groups excluding carboxylic acids is 2. The lowest BCUT2D eigenvalue weighted by atomic mass is 10.1. The van der Waals surface area contributed by atoms with E-state index in [2.05, 4.69) is 0 Å². The first-order chi connectivity index (χ1) is 18.3. The van der Waals surface area contributed by atoms with Gasteiger partial charge in [-0.25, -0.2) is 13.2 Å². The Morgan fingerprint density at radius 1 is 0.868 bits per heavy atom. The van der Waals surface area contributed by atoms with Crippen LogP contribution in [0.1, 0.15) is 17.3 Å². The Kier molecular flexibility index (Phi) is 7.97. The SMILES string of the molecule is CCN(C(=O)COC(=O)c1cccc(S(=O)(=O)N(C)c2ccc(OC)cc2)c1)c1cccc2ccccc12. The van der Waals surface area contributed by atoms with Crippen LogP contribution in [0, 0.1) is 0 Å². The van der Waals surface area contributed by atoms with Crippen LogP contribution in [0.25, 0.3) is 10.8 Å². The van der Waals surface area contributed by atoms with Crippen molar-refractivity contribution in [1.82, 2.24) is 0 Å². The summed E-state index contributed by atoms with van der Waals surface area (Å²) < 4.78 is 37.9. The number of nitrogens with zero attached hydrogens (tertiary/aromatic N) is 2. The van der Waals surface area contributed by atoms with Crippen LogP contribution in [-0.2, 0) is 19.6 Å². The molecule has 0 aliphatic carbocycles. The Hall–Kier alpha value is -4.37. The van der Waals surface area contributed by atoms with Gasteiger partial charge < -0.3 is 14.4 Å². The maximum Gasteiger partial charge on any atom is 0.338 e. The van der Waals surface area contributed by atoms with Crippen molar-refractivity contribution in [2.75, 3.05) is 36.5 Å². The average Bonchev–Trinajstić information content (AvgIpc) is 2.96. The van der Waals surface area contributed by atoms with Crippen LogP contribution in [0.3, 0.4) is 0 Å². The van der Waals surface area contributed by atoms with Crippen LogP contribution in [0.5, 0.6) is 5.75 Å². The summed E-state index contributed by atoms with van der Waals surface area (Å²) in [5.74, 6) is -0.586. The smallest absolute Gasteiger partial charge is 0.338 e. The summed E-state index contributed by atoms with van der Waals surface area (Å²) in [4.78, 5) is 27.3. The molecule has 0 aliphatic rings. The van der Waals surface area contributed by atoms with Gasteiger partial charge in [-0.3, -0.25) is 9.10 Å². The number of esters is 1. The standard InChI is InChI=1S/C29H28N2O6S/c1-4-31(27-14-8-10-21-9-5-6-13-26(21)27)28(32)20-37-29(33)22-11-7-12-25(19-22)38(34,35)30(2)23-15-17-24(36-3)18-16-23/h5-19H,4,20H2,1-3H3. The van der Waals surface area contributed by atoms with Crippen molar-refractivity contribution in [1.29, 1.82) is 0 Å². The van der Waals surface area contributed by atoms with Crippen LogP contribution < -0.4 is 13.9 Å². The fraction of sp³-hybridized carbons (Fsp3) is 0.172. The molecule has 0 heterocycles. The Labute approximate surface area is 222 Å². The minimum atomic E-state index is -3.96. The van der Waals surface area contributed by atoms with E-state index in [-0.39, 0.29) is 16.4 Å². The van der Waals surface area contributed by atoms with E-state index in [0.717, 1.165) is 20.8 Å². The van der Waals surface area contributed by atoms with E-state index in [4.69, 9.17) is 9.47 Å². The van der Waals surface area contributed by atoms with Crippen molar-refractivity contribution in [2.45, 2.75) is 11.8 Å². The van der Waals surface area contributed by atoms with E-state index in [1.54, 1.807) is 29.2 Å². The van der Waals surface area contributed by atoms with E-state index in [9.17, 15) is 18.0 Å². The largest absolute Gasteiger partial charge is 0.497 e. The molecule has 0 saturated carbocycles. The normalized spacial score (nSPS) is 11.1. The highest BCUT2D eigenvalue weighted by Gasteiger charge is 2.24. The maximum absolute atomic E-state index is 13.2. The number of methoxy groups -OCH3 is 1. The molecule has 4 aromatic rings. The predicted octanol–water partition coefficient (Wildman–Crippen LogP) is 4.88. The number of fused-ring (bicyclic) bond motifs is 1. The quantitative estimate of drug-likeness (QED) is 0.285. The summed E-state index contributed by atoms with van der Waals surface area (Å²) in [5, 5.41) is 1.90. The van der Waals surface area contributed by atoms with Crippen molar-refractivity contribution in [3.8, 4) is 5.75 Å². The molecule has 1 amide bonds. The molecule has 0 aliphatic heterocycles. The number of amides is 1. The third kappa shape index (κ3) is 5.47. The van der Waals surface area contributed by atoms with Gasteiger partial charge in [0.1, 0.15) is 5.75 Å². The predicted molar refractivity (Wildman–Crippen MR) is 147 cm³/mol. The molecule has 0 fully saturated rings. The van der Waals surface area contributed by atoms with E-state index >= 15 is 0 Å². The molecule has 196 valence electrons. The fourth-order valence-electron chi connectivity index (χ4n) is 4.09. The molecule has 0 saturated heterocycles. The van der Waals surface area contributed by atoms with Gasteiger partial charge in [0.05, 0.1) is 28.9 Å². The van der Waals surface area contributed by atoms with Crippen LogP contribution in [0.15, 0.2) is 95.9 Å². The van der Waals surface area contributed by atoms with E-state index in [1.165, 1.54) is 38.4 Å². The zero-order chi connectivity index (χ0) is 27.3. The highest BCUT2D eigenvalue weighted by Crippen LogP contribution is 2.27. The molecule has 38 heavy (non-hydrogen) atoms. The molecule has 4 aromatic carbocycles. The summed E-state index contributed by atoms with van der Waals surface area (Å²) in [6.45, 7) is 1.74. The molecule has 0 radical (unpaired) electrons. The number of likely N-dealkylation sites (N-methyl/N-ethyl adjacent to an activating group) is 1. The van der Waals surface area contributed by atoms with Gasteiger partial charge in [0.2, 0.25) is 0 Å². The van der Waals surface area contributed by atoms with Crippen LogP contribution >= 0.6 is 0 Å². The zero-order valence-electron chi connectivity index (χ0n) is 21.3. The van der Waals surface area contributed by atoms with Crippen molar-refractivity contribution in [3.05, 3.63) is 96.6 Å². The van der Waals surface area contributed by atoms with Gasteiger partial charge in [-0.15, -0.1) is 0 Å². The number of carbonyl (C=O) groups is 2. The maximum atomic E-state index is 13.2. The van der Waals surface area contributed by atoms with Gasteiger partial charge in [0.15, 0.2) is 6.61 Å². The molecular formula is C29H28N2O6S. The molecule has 0 spiro atoms. The van der Waals surface area contributed by atoms with Gasteiger partial charge in [0, 0.05) is 19.0 Å². The van der Waals surface area contributed by atoms with Crippen molar-refractivity contribution in [2.24, 2.45) is 0 Å². The summed E-state index contributed by atoms with van der Waals surface area (Å²) in [6.07, 6.45) is 0. The molecule has 0 N–H and O–H groups in total. The topological polar surface area (TPSA) is 93.2 Å². The van der Waals surface area contributed by atoms with Gasteiger partial charge >= 0.3 is 5.97 Å². The van der Waals surface area contributed by atoms with Gasteiger partial charge in [0.25, 0.3) is 15.9 Å². The molecule has 0 aromatic heterocycles. The van der Waals surface area contributed by atoms with E-state index < -0.39 is 22.6 Å². The molecular weight excluding hydrogens is 504 g/mol. The second-order valence-electron chi connectivity index (χ2n) is 8.41. The summed E-state index contributed by atoms with van der Waals surface area (Å²) in [6, 6.07) is 25.5. The fourth-order valence-corrected chi connectivity index (χ4v) is 5.33. The Bertz CT molecular complexity index is 1560. The lowest BCUT2D eigenvalue weighted by Gasteiger charge is -2.22. The van der Waals surface area contributed by atoms with Gasteiger partial charge in [-0.05, 0) is 60.8 Å². The minimum absolute atomic E-state index is 0.0233. The molecule has 8 nitrogen and oxygen atoms in total. The van der Waals surface area contributed by atoms with Gasteiger partial charge in [-0.2, -0.15) is 0 Å². The van der Waals surface area contributed by atoms with Gasteiger partial charge in [-0.1, -0.05) is 42.5 Å². The molecule has 4 rings (SSSR count). The highest BCUT2D eigenvalue weighted by molar-refractivity contribution is 7.92. The minimum Gasteiger partial charge on any atom is -0.497 e. The molecule has 9 heteroatoms. The highest BCUT2D eigenvalue weighted by atomic mass is 32.2. The second kappa shape index (κ2) is 11.4. The molecule has 0 atom stereocenters. The van der Waals surface area contributed by atoms with E-state index in [0.29, 0.717) is 18.0 Å². The first-order valence-electron chi connectivity index (χ1n) is 11.9. The monoisotopic (exact) mass is 532 g/mol. The van der Waals surface area contributed by atoms with Crippen molar-refractivity contribution in [3.63, 3.8) is 0 Å². The number of hydrogen-bond donors (Lipinski definition) is 0. The second-order valence-corrected chi connectivity index (χ2v) is 10.4. The number of rotatable bonds is 9. The van der Waals surface area contributed by atoms with E-state index in [1.807, 2.05) is 49.4 Å². The number of benzene rings is 4. The van der Waals surface area contributed by atoms with Crippen molar-refractivity contribution >= 4 is 44.0 Å². The Balaban J connectivity index is 1.48. The van der Waals surface area contributed by atoms with Crippen LogP contribution in [0.4, 0.5) is 11.4 Å². The zero-order valence-corrected chi connectivity index (χ0v) is 22.1. The lowest BCUT2D eigenvalue weighted by Crippen LogP contribution is -2.34. The third-order valence-corrected chi connectivity index (χ3v) is 7.95. The lowest BCUT2D eigenvalue weighted by molar-refractivity contribution is -0.121. The van der Waals surface area contributed by atoms with Crippen LogP contribution in [0.2, 0.25) is 0 Å². The number of ether oxygens (including phenoxy) is 2. The third-order valence-electron chi connectivity index (χ3n) is 6.17. The first-order valence-corrected chi connectivity index (χ1v) is 13.4. The summed E-state index contributed by atoms with van der Waals surface area (Å²) in [7, 11) is -1.01. The number of hydrogen-bond acceptors (Lipinski definition) is 6. The number of anilines is 2.